The summed E-state index contributed by atoms with van der Waals surface area (Å²) in [6.45, 7) is 1.56. The summed E-state index contributed by atoms with van der Waals surface area (Å²) in [6.07, 6.45) is 4.48. The van der Waals surface area contributed by atoms with Gasteiger partial charge in [0, 0.05) is 30.6 Å². The number of likely N-dealkylation sites (tertiary alicyclic amines) is 1. The number of benzene rings is 1. The molecule has 7 nitrogen and oxygen atoms in total. The summed E-state index contributed by atoms with van der Waals surface area (Å²) in [5.41, 5.74) is 0. The molecule has 1 aromatic carbocycles. The van der Waals surface area contributed by atoms with Gasteiger partial charge < -0.3 is 9.64 Å². The van der Waals surface area contributed by atoms with Gasteiger partial charge in [0.1, 0.15) is 0 Å². The molecule has 0 spiro atoms. The Balaban J connectivity index is 1.43. The van der Waals surface area contributed by atoms with E-state index in [4.69, 9.17) is 16.3 Å². The van der Waals surface area contributed by atoms with Crippen LogP contribution in [-0.4, -0.2) is 51.9 Å². The highest BCUT2D eigenvalue weighted by Gasteiger charge is 2.33. The molecule has 3 rings (SSSR count). The Bertz CT molecular complexity index is 843. The first kappa shape index (κ1) is 23.0. The topological polar surface area (TPSA) is 92.8 Å². The minimum atomic E-state index is -3.56. The molecule has 0 atom stereocenters. The fraction of sp³-hybridized carbons (Fsp3) is 0.619. The molecule has 2 aliphatic rings. The second-order valence-electron chi connectivity index (χ2n) is 8.15. The zero-order valence-corrected chi connectivity index (χ0v) is 18.8. The van der Waals surface area contributed by atoms with Crippen molar-refractivity contribution in [3.63, 3.8) is 0 Å². The third kappa shape index (κ3) is 5.74. The molecule has 1 saturated carbocycles. The molecule has 1 aliphatic carbocycles. The average molecular weight is 457 g/mol. The molecule has 9 heteroatoms. The molecule has 166 valence electrons. The molecule has 1 N–H and O–H groups in total. The lowest BCUT2D eigenvalue weighted by Gasteiger charge is -2.35. The number of nitrogens with one attached hydrogen (secondary N) is 1. The number of amides is 1. The largest absolute Gasteiger partial charge is 0.469 e. The third-order valence-corrected chi connectivity index (χ3v) is 7.91. The normalized spacial score (nSPS) is 23.2. The van der Waals surface area contributed by atoms with Crippen LogP contribution < -0.4 is 4.72 Å². The summed E-state index contributed by atoms with van der Waals surface area (Å²) >= 11 is 5.82. The quantitative estimate of drug-likeness (QED) is 0.664. The minimum absolute atomic E-state index is 0.0104. The highest BCUT2D eigenvalue weighted by Crippen LogP contribution is 2.31. The summed E-state index contributed by atoms with van der Waals surface area (Å²) in [7, 11) is -2.16. The molecule has 2 fully saturated rings. The molecule has 1 saturated heterocycles. The number of nitrogens with zero attached hydrogens (tertiary/aromatic N) is 1. The van der Waals surface area contributed by atoms with Crippen molar-refractivity contribution in [2.45, 2.75) is 43.4 Å². The summed E-state index contributed by atoms with van der Waals surface area (Å²) in [6, 6.07) is 6.09. The number of hydrogen-bond acceptors (Lipinski definition) is 5. The van der Waals surface area contributed by atoms with Crippen LogP contribution in [0.25, 0.3) is 0 Å². The first-order valence-corrected chi connectivity index (χ1v) is 12.3. The predicted octanol–water partition coefficient (Wildman–Crippen LogP) is 2.84. The van der Waals surface area contributed by atoms with E-state index in [1.165, 1.54) is 19.2 Å². The van der Waals surface area contributed by atoms with E-state index in [1.54, 1.807) is 12.1 Å². The molecule has 0 unspecified atom stereocenters. The van der Waals surface area contributed by atoms with Crippen LogP contribution in [0.2, 0.25) is 5.02 Å². The highest BCUT2D eigenvalue weighted by atomic mass is 35.5. The van der Waals surface area contributed by atoms with Gasteiger partial charge in [-0.2, -0.15) is 0 Å². The van der Waals surface area contributed by atoms with Crippen molar-refractivity contribution in [1.82, 2.24) is 9.62 Å². The van der Waals surface area contributed by atoms with E-state index < -0.39 is 10.0 Å². The molecule has 1 heterocycles. The lowest BCUT2D eigenvalue weighted by Crippen LogP contribution is -2.44. The molecule has 30 heavy (non-hydrogen) atoms. The highest BCUT2D eigenvalue weighted by molar-refractivity contribution is 7.89. The number of piperidine rings is 1. The monoisotopic (exact) mass is 456 g/mol. The van der Waals surface area contributed by atoms with Crippen LogP contribution in [0.3, 0.4) is 0 Å². The van der Waals surface area contributed by atoms with Crippen molar-refractivity contribution in [1.29, 1.82) is 0 Å². The summed E-state index contributed by atoms with van der Waals surface area (Å²) in [5.74, 6) is 0.0793. The van der Waals surface area contributed by atoms with Gasteiger partial charge >= 0.3 is 5.97 Å². The van der Waals surface area contributed by atoms with Crippen LogP contribution in [0.1, 0.15) is 38.5 Å². The second-order valence-corrected chi connectivity index (χ2v) is 10.3. The summed E-state index contributed by atoms with van der Waals surface area (Å²) < 4.78 is 32.3. The Labute approximate surface area is 183 Å². The lowest BCUT2D eigenvalue weighted by atomic mass is 9.81. The number of carbonyl (C=O) groups is 2. The zero-order chi connectivity index (χ0) is 21.7. The minimum Gasteiger partial charge on any atom is -0.469 e. The lowest BCUT2D eigenvalue weighted by molar-refractivity contribution is -0.149. The summed E-state index contributed by atoms with van der Waals surface area (Å²) in [4.78, 5) is 26.5. The van der Waals surface area contributed by atoms with Gasteiger partial charge in [0.05, 0.1) is 17.9 Å². The number of sulfonamides is 1. The van der Waals surface area contributed by atoms with Gasteiger partial charge in [-0.25, -0.2) is 13.1 Å². The van der Waals surface area contributed by atoms with E-state index in [2.05, 4.69) is 4.72 Å². The van der Waals surface area contributed by atoms with E-state index in [9.17, 15) is 18.0 Å². The molecule has 1 amide bonds. The second kappa shape index (κ2) is 10.1. The van der Waals surface area contributed by atoms with Crippen molar-refractivity contribution < 1.29 is 22.7 Å². The Hall–Kier alpha value is -1.64. The number of ether oxygens (including phenoxy) is 1. The first-order chi connectivity index (χ1) is 14.3. The molecule has 0 bridgehead atoms. The van der Waals surface area contributed by atoms with Gasteiger partial charge in [-0.15, -0.1) is 0 Å². The van der Waals surface area contributed by atoms with E-state index in [0.29, 0.717) is 37.5 Å². The Morgan fingerprint density at radius 2 is 1.63 bits per heavy atom. The van der Waals surface area contributed by atoms with E-state index in [0.717, 1.165) is 25.7 Å². The number of hydrogen-bond donors (Lipinski definition) is 1. The van der Waals surface area contributed by atoms with Gasteiger partial charge in [-0.1, -0.05) is 11.6 Å². The zero-order valence-electron chi connectivity index (χ0n) is 17.2. The van der Waals surface area contributed by atoms with Crippen LogP contribution in [0.4, 0.5) is 0 Å². The van der Waals surface area contributed by atoms with Gasteiger partial charge in [0.2, 0.25) is 15.9 Å². The average Bonchev–Trinajstić information content (AvgIpc) is 2.77. The van der Waals surface area contributed by atoms with Crippen LogP contribution in [-0.2, 0) is 24.3 Å². The molecule has 0 aromatic heterocycles. The van der Waals surface area contributed by atoms with Gasteiger partial charge in [0.15, 0.2) is 0 Å². The van der Waals surface area contributed by atoms with Gasteiger partial charge in [0.25, 0.3) is 0 Å². The fourth-order valence-corrected chi connectivity index (χ4v) is 5.54. The van der Waals surface area contributed by atoms with Crippen LogP contribution in [0.15, 0.2) is 29.2 Å². The van der Waals surface area contributed by atoms with Crippen molar-refractivity contribution >= 4 is 33.5 Å². The number of rotatable bonds is 6. The van der Waals surface area contributed by atoms with Crippen molar-refractivity contribution in [3.8, 4) is 0 Å². The van der Waals surface area contributed by atoms with Crippen LogP contribution in [0.5, 0.6) is 0 Å². The summed E-state index contributed by atoms with van der Waals surface area (Å²) in [5, 5.41) is 0.492. The maximum absolute atomic E-state index is 12.8. The van der Waals surface area contributed by atoms with E-state index >= 15 is 0 Å². The van der Waals surface area contributed by atoms with Crippen LogP contribution in [0, 0.1) is 17.8 Å². The van der Waals surface area contributed by atoms with Crippen molar-refractivity contribution in [2.75, 3.05) is 26.7 Å². The number of methoxy groups -OCH3 is 1. The smallest absolute Gasteiger partial charge is 0.308 e. The SMILES string of the molecule is COC(=O)C1CCN(C(=O)C2CCC(CNS(=O)(=O)c3ccc(Cl)cc3)CC2)CC1. The third-order valence-electron chi connectivity index (χ3n) is 6.22. The molecular formula is C21H29ClN2O5S. The molecule has 1 aromatic rings. The van der Waals surface area contributed by atoms with E-state index in [1.807, 2.05) is 4.90 Å². The Kier molecular flexibility index (Phi) is 7.76. The van der Waals surface area contributed by atoms with Gasteiger partial charge in [-0.05, 0) is 68.7 Å². The molecule has 1 aliphatic heterocycles. The van der Waals surface area contributed by atoms with Gasteiger partial charge in [-0.3, -0.25) is 9.59 Å². The van der Waals surface area contributed by atoms with Crippen molar-refractivity contribution in [2.24, 2.45) is 17.8 Å². The maximum Gasteiger partial charge on any atom is 0.308 e. The van der Waals surface area contributed by atoms with Crippen LogP contribution >= 0.6 is 11.6 Å². The van der Waals surface area contributed by atoms with Crippen molar-refractivity contribution in [3.05, 3.63) is 29.3 Å². The first-order valence-electron chi connectivity index (χ1n) is 10.4. The standard InChI is InChI=1S/C21H29ClN2O5S/c1-29-21(26)17-10-12-24(13-11-17)20(25)16-4-2-15(3-5-16)14-23-30(27,28)19-8-6-18(22)7-9-19/h6-9,15-17,23H,2-5,10-14H2,1H3. The maximum atomic E-state index is 12.8. The Morgan fingerprint density at radius 1 is 1.03 bits per heavy atom. The number of carbonyl (C=O) groups excluding carboxylic acids is 2. The molecule has 0 radical (unpaired) electrons. The molecular weight excluding hydrogens is 428 g/mol. The fourth-order valence-electron chi connectivity index (χ4n) is 4.30. The predicted molar refractivity (Wildman–Crippen MR) is 113 cm³/mol. The Morgan fingerprint density at radius 3 is 2.20 bits per heavy atom. The number of halogens is 1. The number of esters is 1. The van der Waals surface area contributed by atoms with E-state index in [-0.39, 0.29) is 34.5 Å².